The lowest BCUT2D eigenvalue weighted by molar-refractivity contribution is -0.118. The topological polar surface area (TPSA) is 52.6 Å². The van der Waals surface area contributed by atoms with Gasteiger partial charge in [-0.2, -0.15) is 0 Å². The van der Waals surface area contributed by atoms with Crippen LogP contribution in [0, 0.1) is 6.92 Å². The van der Waals surface area contributed by atoms with Crippen LogP contribution in [-0.4, -0.2) is 60.5 Å². The van der Waals surface area contributed by atoms with E-state index in [4.69, 9.17) is 0 Å². The lowest BCUT2D eigenvalue weighted by Gasteiger charge is -2.35. The third kappa shape index (κ3) is 5.39. The molecule has 1 saturated heterocycles. The Morgan fingerprint density at radius 1 is 1.03 bits per heavy atom. The van der Waals surface area contributed by atoms with Crippen LogP contribution in [0.3, 0.4) is 0 Å². The van der Waals surface area contributed by atoms with Gasteiger partial charge in [0.25, 0.3) is 0 Å². The summed E-state index contributed by atoms with van der Waals surface area (Å²) < 4.78 is 0. The molecule has 0 unspecified atom stereocenters. The molecule has 0 radical (unpaired) electrons. The zero-order valence-electron chi connectivity index (χ0n) is 18.5. The number of nitrogens with zero attached hydrogens (tertiary/aromatic N) is 5. The highest BCUT2D eigenvalue weighted by Crippen LogP contribution is 2.21. The Morgan fingerprint density at radius 3 is 2.68 bits per heavy atom. The van der Waals surface area contributed by atoms with Gasteiger partial charge in [-0.3, -0.25) is 14.7 Å². The first-order valence-electron chi connectivity index (χ1n) is 11.1. The van der Waals surface area contributed by atoms with Crippen molar-refractivity contribution in [2.24, 2.45) is 0 Å². The molecular formula is C25H31N5O. The summed E-state index contributed by atoms with van der Waals surface area (Å²) in [6, 6.07) is 16.1. The summed E-state index contributed by atoms with van der Waals surface area (Å²) in [5.41, 5.74) is 2.94. The van der Waals surface area contributed by atoms with Crippen molar-refractivity contribution in [3.63, 3.8) is 0 Å². The highest BCUT2D eigenvalue weighted by molar-refractivity contribution is 5.95. The number of aromatic nitrogens is 2. The number of fused-ring (bicyclic) bond motifs is 1. The molecule has 6 heteroatoms. The largest absolute Gasteiger partial charge is 0.354 e. The van der Waals surface area contributed by atoms with Crippen molar-refractivity contribution in [3.8, 4) is 0 Å². The van der Waals surface area contributed by atoms with Gasteiger partial charge in [-0.05, 0) is 62.7 Å². The highest BCUT2D eigenvalue weighted by Gasteiger charge is 2.18. The van der Waals surface area contributed by atoms with E-state index in [2.05, 4.69) is 31.9 Å². The maximum atomic E-state index is 12.6. The summed E-state index contributed by atoms with van der Waals surface area (Å²) in [7, 11) is 1.86. The number of unbranched alkanes of at least 4 members (excludes halogenated alkanes) is 1. The number of hydrogen-bond acceptors (Lipinski definition) is 5. The fourth-order valence-corrected chi connectivity index (χ4v) is 4.10. The van der Waals surface area contributed by atoms with Gasteiger partial charge >= 0.3 is 0 Å². The number of benzene rings is 1. The molecule has 1 aliphatic heterocycles. The number of piperazine rings is 1. The van der Waals surface area contributed by atoms with Gasteiger partial charge in [-0.15, -0.1) is 0 Å². The van der Waals surface area contributed by atoms with Gasteiger partial charge in [0.2, 0.25) is 5.91 Å². The van der Waals surface area contributed by atoms with Crippen molar-refractivity contribution < 1.29 is 4.79 Å². The second-order valence-electron chi connectivity index (χ2n) is 8.26. The predicted molar refractivity (Wildman–Crippen MR) is 127 cm³/mol. The van der Waals surface area contributed by atoms with E-state index in [1.807, 2.05) is 50.4 Å². The van der Waals surface area contributed by atoms with Gasteiger partial charge in [-0.1, -0.05) is 12.1 Å². The molecule has 0 saturated carbocycles. The minimum atomic E-state index is 0.165. The van der Waals surface area contributed by atoms with Gasteiger partial charge in [-0.25, -0.2) is 4.98 Å². The SMILES string of the molecule is Cc1cccc(N2CCN(CCCCC(=O)N(C)c3ccc4ncccc4c3)CC2)n1. The van der Waals surface area contributed by atoms with Crippen molar-refractivity contribution in [3.05, 3.63) is 60.4 Å². The number of anilines is 2. The number of aryl methyl sites for hydroxylation is 1. The molecule has 0 N–H and O–H groups in total. The van der Waals surface area contributed by atoms with Crippen LogP contribution in [0.2, 0.25) is 0 Å². The van der Waals surface area contributed by atoms with Crippen LogP contribution in [0.5, 0.6) is 0 Å². The van der Waals surface area contributed by atoms with Crippen molar-refractivity contribution in [1.29, 1.82) is 0 Å². The number of pyridine rings is 2. The van der Waals surface area contributed by atoms with Crippen molar-refractivity contribution in [2.45, 2.75) is 26.2 Å². The molecule has 6 nitrogen and oxygen atoms in total. The molecule has 1 aliphatic rings. The molecule has 31 heavy (non-hydrogen) atoms. The lowest BCUT2D eigenvalue weighted by Crippen LogP contribution is -2.47. The normalized spacial score (nSPS) is 14.7. The van der Waals surface area contributed by atoms with E-state index >= 15 is 0 Å². The molecule has 1 fully saturated rings. The zero-order valence-corrected chi connectivity index (χ0v) is 18.5. The lowest BCUT2D eigenvalue weighted by atomic mass is 10.1. The summed E-state index contributed by atoms with van der Waals surface area (Å²) in [4.78, 5) is 28.2. The Kier molecular flexibility index (Phi) is 6.77. The molecule has 0 aliphatic carbocycles. The molecular weight excluding hydrogens is 386 g/mol. The van der Waals surface area contributed by atoms with Crippen LogP contribution in [0.15, 0.2) is 54.7 Å². The summed E-state index contributed by atoms with van der Waals surface area (Å²) in [6.07, 6.45) is 4.33. The number of amides is 1. The van der Waals surface area contributed by atoms with Crippen LogP contribution in [-0.2, 0) is 4.79 Å². The number of hydrogen-bond donors (Lipinski definition) is 0. The molecule has 4 rings (SSSR count). The van der Waals surface area contributed by atoms with Gasteiger partial charge in [0.05, 0.1) is 5.52 Å². The van der Waals surface area contributed by atoms with Gasteiger partial charge in [0.15, 0.2) is 0 Å². The number of carbonyl (C=O) groups excluding carboxylic acids is 1. The van der Waals surface area contributed by atoms with Crippen molar-refractivity contribution in [2.75, 3.05) is 49.6 Å². The van der Waals surface area contributed by atoms with Gasteiger partial charge in [0.1, 0.15) is 5.82 Å². The maximum Gasteiger partial charge on any atom is 0.226 e. The Balaban J connectivity index is 1.19. The molecule has 0 bridgehead atoms. The average molecular weight is 418 g/mol. The van der Waals surface area contributed by atoms with Crippen LogP contribution in [0.1, 0.15) is 25.0 Å². The molecule has 1 amide bonds. The molecule has 1 aromatic carbocycles. The molecule has 0 spiro atoms. The maximum absolute atomic E-state index is 12.6. The summed E-state index contributed by atoms with van der Waals surface area (Å²) in [5.74, 6) is 1.25. The van der Waals surface area contributed by atoms with Crippen LogP contribution in [0.25, 0.3) is 10.9 Å². The molecule has 3 heterocycles. The van der Waals surface area contributed by atoms with Gasteiger partial charge < -0.3 is 9.80 Å². The van der Waals surface area contributed by atoms with Crippen LogP contribution in [0.4, 0.5) is 11.5 Å². The highest BCUT2D eigenvalue weighted by atomic mass is 16.2. The monoisotopic (exact) mass is 417 g/mol. The van der Waals surface area contributed by atoms with Crippen molar-refractivity contribution >= 4 is 28.3 Å². The van der Waals surface area contributed by atoms with Gasteiger partial charge in [0, 0.05) is 62.6 Å². The van der Waals surface area contributed by atoms with E-state index in [0.29, 0.717) is 6.42 Å². The third-order valence-electron chi connectivity index (χ3n) is 6.03. The first kappa shape index (κ1) is 21.2. The Morgan fingerprint density at radius 2 is 1.87 bits per heavy atom. The summed E-state index contributed by atoms with van der Waals surface area (Å²) in [5, 5.41) is 1.06. The average Bonchev–Trinajstić information content (AvgIpc) is 2.81. The standard InChI is InChI=1S/C25H31N5O/c1-20-7-5-9-24(27-20)30-17-15-29(16-18-30)14-4-3-10-25(31)28(2)22-11-12-23-21(19-22)8-6-13-26-23/h5-9,11-13,19H,3-4,10,14-18H2,1-2H3. The minimum Gasteiger partial charge on any atom is -0.354 e. The van der Waals surface area contributed by atoms with E-state index in [1.165, 1.54) is 0 Å². The Hall–Kier alpha value is -2.99. The van der Waals surface area contributed by atoms with E-state index in [0.717, 1.165) is 73.7 Å². The first-order valence-corrected chi connectivity index (χ1v) is 11.1. The fourth-order valence-electron chi connectivity index (χ4n) is 4.10. The second kappa shape index (κ2) is 9.88. The van der Waals surface area contributed by atoms with Crippen LogP contribution < -0.4 is 9.80 Å². The van der Waals surface area contributed by atoms with E-state index in [1.54, 1.807) is 11.1 Å². The quantitative estimate of drug-likeness (QED) is 0.546. The number of rotatable bonds is 7. The molecule has 0 atom stereocenters. The predicted octanol–water partition coefficient (Wildman–Crippen LogP) is 3.89. The molecule has 3 aromatic rings. The Bertz CT molecular complexity index is 1030. The van der Waals surface area contributed by atoms with Crippen LogP contribution >= 0.6 is 0 Å². The fraction of sp³-hybridized carbons (Fsp3) is 0.400. The minimum absolute atomic E-state index is 0.165. The third-order valence-corrected chi connectivity index (χ3v) is 6.03. The Labute approximate surface area is 184 Å². The first-order chi connectivity index (χ1) is 15.1. The molecule has 2 aromatic heterocycles. The summed E-state index contributed by atoms with van der Waals surface area (Å²) >= 11 is 0. The smallest absolute Gasteiger partial charge is 0.226 e. The number of carbonyl (C=O) groups is 1. The van der Waals surface area contributed by atoms with Crippen molar-refractivity contribution in [1.82, 2.24) is 14.9 Å². The van der Waals surface area contributed by atoms with E-state index < -0.39 is 0 Å². The second-order valence-corrected chi connectivity index (χ2v) is 8.26. The molecule has 162 valence electrons. The summed E-state index contributed by atoms with van der Waals surface area (Å²) in [6.45, 7) is 7.20. The van der Waals surface area contributed by atoms with E-state index in [9.17, 15) is 4.79 Å². The van der Waals surface area contributed by atoms with E-state index in [-0.39, 0.29) is 5.91 Å². The zero-order chi connectivity index (χ0) is 21.6.